The number of hydrogen-bond acceptors (Lipinski definition) is 4. The zero-order chi connectivity index (χ0) is 13.2. The van der Waals surface area contributed by atoms with Gasteiger partial charge in [0.25, 0.3) is 5.91 Å². The van der Waals surface area contributed by atoms with Crippen LogP contribution in [0, 0.1) is 0 Å². The number of anilines is 1. The molecule has 0 radical (unpaired) electrons. The highest BCUT2D eigenvalue weighted by Gasteiger charge is 2.12. The first-order chi connectivity index (χ1) is 9.24. The van der Waals surface area contributed by atoms with Gasteiger partial charge in [0.1, 0.15) is 0 Å². The van der Waals surface area contributed by atoms with Crippen molar-refractivity contribution in [2.24, 2.45) is 0 Å². The van der Waals surface area contributed by atoms with Gasteiger partial charge >= 0.3 is 0 Å². The molecule has 0 spiro atoms. The highest BCUT2D eigenvalue weighted by Crippen LogP contribution is 2.30. The van der Waals surface area contributed by atoms with E-state index in [1.54, 1.807) is 42.9 Å². The van der Waals surface area contributed by atoms with Crippen LogP contribution in [-0.4, -0.2) is 15.9 Å². The van der Waals surface area contributed by atoms with Crippen LogP contribution in [0.15, 0.2) is 42.9 Å². The largest absolute Gasteiger partial charge is 0.320 e. The van der Waals surface area contributed by atoms with E-state index in [9.17, 15) is 4.79 Å². The third kappa shape index (κ3) is 2.43. The molecule has 6 heteroatoms. The summed E-state index contributed by atoms with van der Waals surface area (Å²) < 4.78 is 0.820. The fourth-order valence-corrected chi connectivity index (χ4v) is 2.83. The molecular weight excluding hydrogens is 282 g/mol. The van der Waals surface area contributed by atoms with Gasteiger partial charge in [-0.2, -0.15) is 0 Å². The number of halogens is 1. The fraction of sp³-hybridized carbons (Fsp3) is 0. The van der Waals surface area contributed by atoms with Gasteiger partial charge in [-0.15, -0.1) is 11.3 Å². The van der Waals surface area contributed by atoms with Crippen LogP contribution in [0.2, 0.25) is 5.02 Å². The Hall–Kier alpha value is -1.98. The van der Waals surface area contributed by atoms with Gasteiger partial charge in [-0.3, -0.25) is 14.8 Å². The van der Waals surface area contributed by atoms with Crippen molar-refractivity contribution in [2.75, 3.05) is 5.32 Å². The van der Waals surface area contributed by atoms with Crippen LogP contribution in [0.4, 0.5) is 5.69 Å². The molecule has 0 saturated heterocycles. The lowest BCUT2D eigenvalue weighted by Crippen LogP contribution is -2.09. The maximum absolute atomic E-state index is 12.1. The molecule has 0 aliphatic heterocycles. The van der Waals surface area contributed by atoms with Crippen LogP contribution in [0.5, 0.6) is 0 Å². The van der Waals surface area contributed by atoms with Crippen LogP contribution in [-0.2, 0) is 0 Å². The summed E-state index contributed by atoms with van der Waals surface area (Å²) in [5.74, 6) is -0.188. The smallest absolute Gasteiger partial charge is 0.265 e. The molecule has 0 aliphatic rings. The monoisotopic (exact) mass is 289 g/mol. The highest BCUT2D eigenvalue weighted by molar-refractivity contribution is 7.21. The van der Waals surface area contributed by atoms with Crippen LogP contribution in [0.1, 0.15) is 9.67 Å². The lowest BCUT2D eigenvalue weighted by molar-refractivity contribution is 0.103. The summed E-state index contributed by atoms with van der Waals surface area (Å²) in [7, 11) is 0. The van der Waals surface area contributed by atoms with Gasteiger partial charge in [-0.25, -0.2) is 0 Å². The number of carbonyl (C=O) groups excluding carboxylic acids is 1. The summed E-state index contributed by atoms with van der Waals surface area (Å²) in [4.78, 5) is 20.8. The van der Waals surface area contributed by atoms with E-state index >= 15 is 0 Å². The number of carbonyl (C=O) groups is 1. The average molecular weight is 290 g/mol. The predicted octanol–water partition coefficient (Wildman–Crippen LogP) is 3.60. The normalized spacial score (nSPS) is 10.6. The molecule has 0 aromatic carbocycles. The molecule has 94 valence electrons. The van der Waals surface area contributed by atoms with E-state index < -0.39 is 0 Å². The topological polar surface area (TPSA) is 54.9 Å². The van der Waals surface area contributed by atoms with Crippen molar-refractivity contribution < 1.29 is 4.79 Å². The first-order valence-corrected chi connectivity index (χ1v) is 6.69. The Morgan fingerprint density at radius 3 is 2.95 bits per heavy atom. The van der Waals surface area contributed by atoms with Crippen molar-refractivity contribution in [3.63, 3.8) is 0 Å². The number of fused-ring (bicyclic) bond motifs is 1. The number of nitrogens with zero attached hydrogens (tertiary/aromatic N) is 2. The SMILES string of the molecule is O=C(Nc1cccnc1)c1cc2nccc(Cl)c2s1. The molecule has 3 aromatic heterocycles. The predicted molar refractivity (Wildman–Crippen MR) is 76.8 cm³/mol. The molecule has 0 unspecified atom stereocenters. The number of thiophene rings is 1. The van der Waals surface area contributed by atoms with Crippen LogP contribution in [0.25, 0.3) is 10.2 Å². The number of aromatic nitrogens is 2. The van der Waals surface area contributed by atoms with E-state index in [-0.39, 0.29) is 5.91 Å². The summed E-state index contributed by atoms with van der Waals surface area (Å²) in [6.45, 7) is 0. The number of rotatable bonds is 2. The van der Waals surface area contributed by atoms with Crippen molar-refractivity contribution in [3.8, 4) is 0 Å². The zero-order valence-corrected chi connectivity index (χ0v) is 11.2. The molecule has 4 nitrogen and oxygen atoms in total. The highest BCUT2D eigenvalue weighted by atomic mass is 35.5. The summed E-state index contributed by atoms with van der Waals surface area (Å²) in [5.41, 5.74) is 1.39. The molecule has 1 amide bonds. The Morgan fingerprint density at radius 2 is 2.21 bits per heavy atom. The minimum absolute atomic E-state index is 0.188. The Bertz CT molecular complexity index is 742. The molecule has 0 saturated carbocycles. The molecule has 0 bridgehead atoms. The minimum Gasteiger partial charge on any atom is -0.320 e. The zero-order valence-electron chi connectivity index (χ0n) is 9.63. The summed E-state index contributed by atoms with van der Waals surface area (Å²) in [6, 6.07) is 6.99. The number of nitrogens with one attached hydrogen (secondary N) is 1. The fourth-order valence-electron chi connectivity index (χ4n) is 1.65. The summed E-state index contributed by atoms with van der Waals surface area (Å²) >= 11 is 7.39. The minimum atomic E-state index is -0.188. The summed E-state index contributed by atoms with van der Waals surface area (Å²) in [5, 5.41) is 3.38. The molecule has 1 N–H and O–H groups in total. The van der Waals surface area contributed by atoms with Crippen molar-refractivity contribution in [1.29, 1.82) is 0 Å². The van der Waals surface area contributed by atoms with Crippen LogP contribution in [0.3, 0.4) is 0 Å². The maximum Gasteiger partial charge on any atom is 0.265 e. The van der Waals surface area contributed by atoms with E-state index in [0.29, 0.717) is 15.6 Å². The van der Waals surface area contributed by atoms with Crippen molar-refractivity contribution >= 4 is 44.7 Å². The lowest BCUT2D eigenvalue weighted by atomic mass is 10.3. The van der Waals surface area contributed by atoms with Gasteiger partial charge in [0.2, 0.25) is 0 Å². The maximum atomic E-state index is 12.1. The van der Waals surface area contributed by atoms with Crippen LogP contribution >= 0.6 is 22.9 Å². The van der Waals surface area contributed by atoms with Gasteiger partial charge in [0, 0.05) is 12.4 Å². The second kappa shape index (κ2) is 4.95. The van der Waals surface area contributed by atoms with Crippen molar-refractivity contribution in [3.05, 3.63) is 52.8 Å². The molecular formula is C13H8ClN3OS. The Kier molecular flexibility index (Phi) is 3.15. The molecule has 0 fully saturated rings. The number of amides is 1. The van der Waals surface area contributed by atoms with Gasteiger partial charge in [0.05, 0.1) is 32.0 Å². The van der Waals surface area contributed by atoms with Crippen LogP contribution < -0.4 is 5.32 Å². The van der Waals surface area contributed by atoms with Gasteiger partial charge in [0.15, 0.2) is 0 Å². The Morgan fingerprint density at radius 1 is 1.32 bits per heavy atom. The average Bonchev–Trinajstić information content (AvgIpc) is 2.85. The molecule has 3 rings (SSSR count). The third-order valence-corrected chi connectivity index (χ3v) is 4.09. The number of hydrogen-bond donors (Lipinski definition) is 1. The standard InChI is InChI=1S/C13H8ClN3OS/c14-9-3-5-16-10-6-11(19-12(9)10)13(18)17-8-2-1-4-15-7-8/h1-7H,(H,17,18). The summed E-state index contributed by atoms with van der Waals surface area (Å²) in [6.07, 6.45) is 4.87. The molecule has 3 aromatic rings. The van der Waals surface area contributed by atoms with E-state index in [4.69, 9.17) is 11.6 Å². The third-order valence-electron chi connectivity index (χ3n) is 2.51. The van der Waals surface area contributed by atoms with E-state index in [1.807, 2.05) is 0 Å². The van der Waals surface area contributed by atoms with Gasteiger partial charge < -0.3 is 5.32 Å². The van der Waals surface area contributed by atoms with Gasteiger partial charge in [-0.05, 0) is 24.3 Å². The van der Waals surface area contributed by atoms with E-state index in [2.05, 4.69) is 15.3 Å². The van der Waals surface area contributed by atoms with Crippen molar-refractivity contribution in [2.45, 2.75) is 0 Å². The molecule has 0 aliphatic carbocycles. The lowest BCUT2D eigenvalue weighted by Gasteiger charge is -2.01. The second-order valence-corrected chi connectivity index (χ2v) is 5.27. The first-order valence-electron chi connectivity index (χ1n) is 5.49. The Balaban J connectivity index is 1.92. The van der Waals surface area contributed by atoms with E-state index in [1.165, 1.54) is 11.3 Å². The van der Waals surface area contributed by atoms with Crippen molar-refractivity contribution in [1.82, 2.24) is 9.97 Å². The number of pyridine rings is 2. The molecule has 19 heavy (non-hydrogen) atoms. The first kappa shape index (κ1) is 12.1. The second-order valence-electron chi connectivity index (χ2n) is 3.81. The molecule has 0 atom stereocenters. The Labute approximate surface area is 118 Å². The van der Waals surface area contributed by atoms with E-state index in [0.717, 1.165) is 10.2 Å². The van der Waals surface area contributed by atoms with Gasteiger partial charge in [-0.1, -0.05) is 11.6 Å². The quantitative estimate of drug-likeness (QED) is 0.784. The molecule has 3 heterocycles.